The number of anilines is 2. The summed E-state index contributed by atoms with van der Waals surface area (Å²) in [5.41, 5.74) is 2.62. The Hall–Kier alpha value is -4.07. The standard InChI is InChI=1S/C21H16N4O4/c1-25-18(7-8-22-25)21(29)23-14-4-2-3-12(9-14)19(27)13-5-6-15-16(11-26)20(28)24-17(15)10-13/h2-11,16H,1H3,(H,23,29)(H,24,28). The molecule has 8 heteroatoms. The Balaban J connectivity index is 1.57. The minimum Gasteiger partial charge on any atom is -0.325 e. The van der Waals surface area contributed by atoms with Crippen molar-refractivity contribution in [3.05, 3.63) is 77.1 Å². The molecule has 8 nitrogen and oxygen atoms in total. The van der Waals surface area contributed by atoms with Crippen molar-refractivity contribution in [2.24, 2.45) is 7.05 Å². The van der Waals surface area contributed by atoms with Crippen LogP contribution in [0.1, 0.15) is 37.9 Å². The summed E-state index contributed by atoms with van der Waals surface area (Å²) in [6.45, 7) is 0. The smallest absolute Gasteiger partial charge is 0.273 e. The van der Waals surface area contributed by atoms with E-state index in [-0.39, 0.29) is 11.7 Å². The van der Waals surface area contributed by atoms with Gasteiger partial charge in [-0.3, -0.25) is 19.1 Å². The number of amides is 2. The highest BCUT2D eigenvalue weighted by molar-refractivity contribution is 6.14. The molecule has 0 bridgehead atoms. The molecule has 0 saturated carbocycles. The zero-order valence-corrected chi connectivity index (χ0v) is 15.4. The topological polar surface area (TPSA) is 110 Å². The molecule has 1 unspecified atom stereocenters. The van der Waals surface area contributed by atoms with Crippen LogP contribution in [0.2, 0.25) is 0 Å². The lowest BCUT2D eigenvalue weighted by molar-refractivity contribution is -0.121. The van der Waals surface area contributed by atoms with E-state index >= 15 is 0 Å². The van der Waals surface area contributed by atoms with Crippen LogP contribution in [0.15, 0.2) is 54.7 Å². The molecule has 2 heterocycles. The van der Waals surface area contributed by atoms with E-state index in [2.05, 4.69) is 15.7 Å². The molecule has 1 aliphatic rings. The number of nitrogens with one attached hydrogen (secondary N) is 2. The molecule has 2 aromatic carbocycles. The first-order valence-electron chi connectivity index (χ1n) is 8.82. The number of ketones is 1. The molecule has 0 radical (unpaired) electrons. The third kappa shape index (κ3) is 3.31. The summed E-state index contributed by atoms with van der Waals surface area (Å²) in [6.07, 6.45) is 2.10. The molecule has 4 rings (SSSR count). The number of carbonyl (C=O) groups excluding carboxylic acids is 4. The molecule has 2 N–H and O–H groups in total. The summed E-state index contributed by atoms with van der Waals surface area (Å²) in [4.78, 5) is 48.1. The molecule has 1 aliphatic heterocycles. The zero-order chi connectivity index (χ0) is 20.5. The van der Waals surface area contributed by atoms with Gasteiger partial charge in [-0.15, -0.1) is 0 Å². The first-order valence-corrected chi connectivity index (χ1v) is 8.82. The summed E-state index contributed by atoms with van der Waals surface area (Å²) in [5, 5.41) is 9.32. The average molecular weight is 388 g/mol. The molecule has 144 valence electrons. The Morgan fingerprint density at radius 3 is 2.66 bits per heavy atom. The quantitative estimate of drug-likeness (QED) is 0.395. The van der Waals surface area contributed by atoms with Gasteiger partial charge in [0, 0.05) is 35.7 Å². The van der Waals surface area contributed by atoms with Gasteiger partial charge < -0.3 is 15.4 Å². The van der Waals surface area contributed by atoms with E-state index < -0.39 is 11.8 Å². The normalized spacial score (nSPS) is 14.8. The Morgan fingerprint density at radius 1 is 1.14 bits per heavy atom. The minimum absolute atomic E-state index is 0.270. The van der Waals surface area contributed by atoms with Crippen molar-refractivity contribution in [1.82, 2.24) is 9.78 Å². The number of aromatic nitrogens is 2. The molecule has 0 spiro atoms. The summed E-state index contributed by atoms with van der Waals surface area (Å²) >= 11 is 0. The Bertz CT molecular complexity index is 1160. The average Bonchev–Trinajstić information content (AvgIpc) is 3.28. The Kier molecular flexibility index (Phi) is 4.52. The molecule has 3 aromatic rings. The third-order valence-corrected chi connectivity index (χ3v) is 4.76. The number of aldehydes is 1. The highest BCUT2D eigenvalue weighted by Gasteiger charge is 2.30. The second-order valence-corrected chi connectivity index (χ2v) is 6.61. The van der Waals surface area contributed by atoms with E-state index in [1.54, 1.807) is 55.6 Å². The van der Waals surface area contributed by atoms with Gasteiger partial charge in [0.15, 0.2) is 5.78 Å². The van der Waals surface area contributed by atoms with Crippen molar-refractivity contribution >= 4 is 35.3 Å². The minimum atomic E-state index is -0.848. The second kappa shape index (κ2) is 7.16. The van der Waals surface area contributed by atoms with Gasteiger partial charge in [0.2, 0.25) is 5.91 Å². The molecule has 1 aromatic heterocycles. The predicted octanol–water partition coefficient (Wildman–Crippen LogP) is 2.14. The molecule has 2 amide bonds. The van der Waals surface area contributed by atoms with Crippen LogP contribution in [0.5, 0.6) is 0 Å². The van der Waals surface area contributed by atoms with Gasteiger partial charge in [-0.2, -0.15) is 5.10 Å². The highest BCUT2D eigenvalue weighted by atomic mass is 16.2. The van der Waals surface area contributed by atoms with Crippen molar-refractivity contribution in [3.8, 4) is 0 Å². The summed E-state index contributed by atoms with van der Waals surface area (Å²) in [6, 6.07) is 12.9. The summed E-state index contributed by atoms with van der Waals surface area (Å²) < 4.78 is 1.45. The maximum atomic E-state index is 12.9. The van der Waals surface area contributed by atoms with Crippen molar-refractivity contribution in [2.45, 2.75) is 5.92 Å². The lowest BCUT2D eigenvalue weighted by atomic mass is 9.97. The number of rotatable bonds is 5. The number of fused-ring (bicyclic) bond motifs is 1. The molecule has 0 saturated heterocycles. The third-order valence-electron chi connectivity index (χ3n) is 4.76. The van der Waals surface area contributed by atoms with Crippen LogP contribution in [0.4, 0.5) is 11.4 Å². The van der Waals surface area contributed by atoms with Gasteiger partial charge in [-0.25, -0.2) is 0 Å². The van der Waals surface area contributed by atoms with E-state index in [0.717, 1.165) is 0 Å². The number of carbonyl (C=O) groups is 4. The predicted molar refractivity (Wildman–Crippen MR) is 105 cm³/mol. The van der Waals surface area contributed by atoms with E-state index in [1.807, 2.05) is 0 Å². The van der Waals surface area contributed by atoms with Crippen LogP contribution < -0.4 is 10.6 Å². The molecule has 29 heavy (non-hydrogen) atoms. The van der Waals surface area contributed by atoms with Crippen LogP contribution in [-0.4, -0.2) is 33.7 Å². The maximum Gasteiger partial charge on any atom is 0.273 e. The van der Waals surface area contributed by atoms with E-state index in [1.165, 1.54) is 10.9 Å². The van der Waals surface area contributed by atoms with Gasteiger partial charge in [0.1, 0.15) is 17.9 Å². The number of hydrogen-bond donors (Lipinski definition) is 2. The lowest BCUT2D eigenvalue weighted by Crippen LogP contribution is -2.16. The largest absolute Gasteiger partial charge is 0.325 e. The Morgan fingerprint density at radius 2 is 1.93 bits per heavy atom. The fourth-order valence-electron chi connectivity index (χ4n) is 3.26. The molecule has 0 fully saturated rings. The van der Waals surface area contributed by atoms with Gasteiger partial charge in [-0.05, 0) is 29.8 Å². The van der Waals surface area contributed by atoms with Crippen molar-refractivity contribution in [2.75, 3.05) is 10.6 Å². The van der Waals surface area contributed by atoms with Crippen LogP contribution in [-0.2, 0) is 16.6 Å². The fraction of sp³-hybridized carbons (Fsp3) is 0.0952. The van der Waals surface area contributed by atoms with Gasteiger partial charge in [-0.1, -0.05) is 24.3 Å². The van der Waals surface area contributed by atoms with Gasteiger partial charge in [0.25, 0.3) is 5.91 Å². The zero-order valence-electron chi connectivity index (χ0n) is 15.4. The first kappa shape index (κ1) is 18.3. The molecule has 1 atom stereocenters. The van der Waals surface area contributed by atoms with Crippen LogP contribution in [0, 0.1) is 0 Å². The molecular weight excluding hydrogens is 372 g/mol. The monoisotopic (exact) mass is 388 g/mol. The number of nitrogens with zero attached hydrogens (tertiary/aromatic N) is 2. The van der Waals surface area contributed by atoms with Crippen LogP contribution in [0.3, 0.4) is 0 Å². The summed E-state index contributed by atoms with van der Waals surface area (Å²) in [7, 11) is 1.66. The lowest BCUT2D eigenvalue weighted by Gasteiger charge is -2.08. The van der Waals surface area contributed by atoms with Crippen LogP contribution >= 0.6 is 0 Å². The fourth-order valence-corrected chi connectivity index (χ4v) is 3.26. The second-order valence-electron chi connectivity index (χ2n) is 6.61. The number of benzene rings is 2. The highest BCUT2D eigenvalue weighted by Crippen LogP contribution is 2.32. The first-order chi connectivity index (χ1) is 14.0. The number of hydrogen-bond acceptors (Lipinski definition) is 5. The number of aryl methyl sites for hydroxylation is 1. The van der Waals surface area contributed by atoms with Gasteiger partial charge in [0.05, 0.1) is 0 Å². The SMILES string of the molecule is Cn1nccc1C(=O)Nc1cccc(C(=O)c2ccc3c(c2)NC(=O)C3C=O)c1. The van der Waals surface area contributed by atoms with Crippen molar-refractivity contribution < 1.29 is 19.2 Å². The Labute approximate surface area is 165 Å². The van der Waals surface area contributed by atoms with Crippen molar-refractivity contribution in [1.29, 1.82) is 0 Å². The van der Waals surface area contributed by atoms with Crippen LogP contribution in [0.25, 0.3) is 0 Å². The van der Waals surface area contributed by atoms with Crippen molar-refractivity contribution in [3.63, 3.8) is 0 Å². The van der Waals surface area contributed by atoms with Gasteiger partial charge >= 0.3 is 0 Å². The maximum absolute atomic E-state index is 12.9. The molecule has 0 aliphatic carbocycles. The summed E-state index contributed by atoms with van der Waals surface area (Å²) in [5.74, 6) is -1.86. The van der Waals surface area contributed by atoms with E-state index in [4.69, 9.17) is 0 Å². The van der Waals surface area contributed by atoms with E-state index in [9.17, 15) is 19.2 Å². The van der Waals surface area contributed by atoms with E-state index in [0.29, 0.717) is 40.0 Å². The molecular formula is C21H16N4O4.